The quantitative estimate of drug-likeness (QED) is 0.293. The van der Waals surface area contributed by atoms with Crippen LogP contribution in [0.25, 0.3) is 0 Å². The first-order valence-corrected chi connectivity index (χ1v) is 8.77. The lowest BCUT2D eigenvalue weighted by Gasteiger charge is -2.13. The third-order valence-electron chi connectivity index (χ3n) is 3.93. The second-order valence-corrected chi connectivity index (χ2v) is 5.85. The van der Waals surface area contributed by atoms with E-state index in [9.17, 15) is 9.50 Å². The van der Waals surface area contributed by atoms with E-state index in [1.54, 1.807) is 20.3 Å². The Kier molecular flexibility index (Phi) is 10.4. The summed E-state index contributed by atoms with van der Waals surface area (Å²) in [5.74, 6) is 1.04. The third kappa shape index (κ3) is 7.06. The molecule has 0 aromatic heterocycles. The van der Waals surface area contributed by atoms with Gasteiger partial charge in [0.1, 0.15) is 0 Å². The molecule has 28 heavy (non-hydrogen) atoms. The van der Waals surface area contributed by atoms with Gasteiger partial charge in [-0.15, -0.1) is 24.0 Å². The van der Waals surface area contributed by atoms with Crippen molar-refractivity contribution in [2.45, 2.75) is 19.9 Å². The smallest absolute Gasteiger partial charge is 0.191 e. The van der Waals surface area contributed by atoms with E-state index in [1.807, 2.05) is 25.1 Å². The molecule has 0 atom stereocenters. The standard InChI is InChI=1S/C20H26FN3O3.HI/c1-4-22-20(24-13-15-5-7-17(25)16(21)11-15)23-10-9-14-6-8-18(26-2)19(12-14)27-3;/h5-8,11-12,25H,4,9-10,13H2,1-3H3,(H2,22,23,24);1H. The fourth-order valence-electron chi connectivity index (χ4n) is 2.52. The number of hydrogen-bond donors (Lipinski definition) is 3. The molecule has 6 nitrogen and oxygen atoms in total. The van der Waals surface area contributed by atoms with Crippen molar-refractivity contribution in [1.29, 1.82) is 0 Å². The van der Waals surface area contributed by atoms with Crippen molar-refractivity contribution >= 4 is 29.9 Å². The summed E-state index contributed by atoms with van der Waals surface area (Å²) in [6.45, 7) is 3.67. The number of hydrogen-bond acceptors (Lipinski definition) is 4. The number of rotatable bonds is 8. The second kappa shape index (κ2) is 12.3. The van der Waals surface area contributed by atoms with E-state index >= 15 is 0 Å². The molecule has 0 unspecified atom stereocenters. The molecule has 0 aliphatic rings. The van der Waals surface area contributed by atoms with Gasteiger partial charge in [0.25, 0.3) is 0 Å². The van der Waals surface area contributed by atoms with E-state index in [0.717, 1.165) is 12.0 Å². The zero-order valence-corrected chi connectivity index (χ0v) is 18.6. The molecule has 0 heterocycles. The number of guanidine groups is 1. The summed E-state index contributed by atoms with van der Waals surface area (Å²) in [5.41, 5.74) is 1.79. The molecule has 0 aliphatic heterocycles. The number of benzene rings is 2. The molecule has 2 aromatic rings. The van der Waals surface area contributed by atoms with Crippen molar-refractivity contribution in [3.05, 3.63) is 53.3 Å². The van der Waals surface area contributed by atoms with Crippen molar-refractivity contribution in [3.8, 4) is 17.2 Å². The van der Waals surface area contributed by atoms with Gasteiger partial charge >= 0.3 is 0 Å². The van der Waals surface area contributed by atoms with Gasteiger partial charge in [0, 0.05) is 13.1 Å². The van der Waals surface area contributed by atoms with Gasteiger partial charge in [-0.3, -0.25) is 0 Å². The molecule has 0 saturated carbocycles. The Balaban J connectivity index is 0.00000392. The molecule has 0 aliphatic carbocycles. The Morgan fingerprint density at radius 3 is 2.39 bits per heavy atom. The normalized spacial score (nSPS) is 10.8. The first-order chi connectivity index (χ1) is 13.1. The summed E-state index contributed by atoms with van der Waals surface area (Å²) >= 11 is 0. The van der Waals surface area contributed by atoms with Gasteiger partial charge in [-0.25, -0.2) is 9.38 Å². The lowest BCUT2D eigenvalue weighted by molar-refractivity contribution is 0.354. The van der Waals surface area contributed by atoms with Gasteiger partial charge in [0.2, 0.25) is 0 Å². The number of aromatic hydroxyl groups is 1. The molecule has 0 spiro atoms. The van der Waals surface area contributed by atoms with Crippen LogP contribution in [0.4, 0.5) is 4.39 Å². The Hall–Kier alpha value is -2.23. The Morgan fingerprint density at radius 1 is 1.04 bits per heavy atom. The van der Waals surface area contributed by atoms with Gasteiger partial charge in [-0.1, -0.05) is 12.1 Å². The fraction of sp³-hybridized carbons (Fsp3) is 0.350. The van der Waals surface area contributed by atoms with Crippen LogP contribution in [0.15, 0.2) is 41.4 Å². The highest BCUT2D eigenvalue weighted by Crippen LogP contribution is 2.27. The molecule has 8 heteroatoms. The first-order valence-electron chi connectivity index (χ1n) is 8.77. The lowest BCUT2D eigenvalue weighted by atomic mass is 10.1. The molecule has 2 rings (SSSR count). The maximum Gasteiger partial charge on any atom is 0.191 e. The molecule has 0 amide bonds. The summed E-state index contributed by atoms with van der Waals surface area (Å²) < 4.78 is 24.0. The number of phenols is 1. The highest BCUT2D eigenvalue weighted by molar-refractivity contribution is 14.0. The van der Waals surface area contributed by atoms with Crippen LogP contribution in [-0.2, 0) is 13.0 Å². The summed E-state index contributed by atoms with van der Waals surface area (Å²) in [5, 5.41) is 15.7. The molecule has 2 aromatic carbocycles. The number of ether oxygens (including phenoxy) is 2. The molecule has 0 fully saturated rings. The fourth-order valence-corrected chi connectivity index (χ4v) is 2.52. The number of nitrogens with zero attached hydrogens (tertiary/aromatic N) is 1. The first kappa shape index (κ1) is 23.8. The number of halogens is 2. The van der Waals surface area contributed by atoms with Crippen LogP contribution >= 0.6 is 24.0 Å². The SMILES string of the molecule is CCNC(=NCc1ccc(O)c(F)c1)NCCc1ccc(OC)c(OC)c1.I. The minimum Gasteiger partial charge on any atom is -0.505 e. The third-order valence-corrected chi connectivity index (χ3v) is 3.93. The second-order valence-electron chi connectivity index (χ2n) is 5.85. The average Bonchev–Trinajstić information content (AvgIpc) is 2.68. The van der Waals surface area contributed by atoms with Crippen molar-refractivity contribution < 1.29 is 19.0 Å². The number of aliphatic imine (C=N–C) groups is 1. The Labute approximate surface area is 182 Å². The summed E-state index contributed by atoms with van der Waals surface area (Å²) in [6, 6.07) is 10.1. The van der Waals surface area contributed by atoms with Crippen molar-refractivity contribution in [3.63, 3.8) is 0 Å². The molecule has 0 bridgehead atoms. The zero-order chi connectivity index (χ0) is 19.6. The predicted molar refractivity (Wildman–Crippen MR) is 120 cm³/mol. The van der Waals surface area contributed by atoms with E-state index in [2.05, 4.69) is 15.6 Å². The Bertz CT molecular complexity index is 787. The zero-order valence-electron chi connectivity index (χ0n) is 16.3. The molecule has 0 saturated heterocycles. The topological polar surface area (TPSA) is 75.1 Å². The minimum atomic E-state index is -0.644. The van der Waals surface area contributed by atoms with Crippen molar-refractivity contribution in [2.75, 3.05) is 27.3 Å². The van der Waals surface area contributed by atoms with Crippen molar-refractivity contribution in [2.24, 2.45) is 4.99 Å². The van der Waals surface area contributed by atoms with Crippen LogP contribution in [-0.4, -0.2) is 38.4 Å². The number of methoxy groups -OCH3 is 2. The van der Waals surface area contributed by atoms with Gasteiger partial charge in [-0.2, -0.15) is 0 Å². The van der Waals surface area contributed by atoms with Gasteiger partial charge in [0.15, 0.2) is 29.0 Å². The van der Waals surface area contributed by atoms with E-state index in [1.165, 1.54) is 12.1 Å². The summed E-state index contributed by atoms with van der Waals surface area (Å²) in [7, 11) is 3.22. The van der Waals surface area contributed by atoms with Gasteiger partial charge < -0.3 is 25.2 Å². The molecule has 154 valence electrons. The maximum absolute atomic E-state index is 13.4. The molecule has 0 radical (unpaired) electrons. The van der Waals surface area contributed by atoms with Crippen LogP contribution in [0.3, 0.4) is 0 Å². The molecular weight excluding hydrogens is 476 g/mol. The van der Waals surface area contributed by atoms with Crippen LogP contribution in [0.2, 0.25) is 0 Å². The lowest BCUT2D eigenvalue weighted by Crippen LogP contribution is -2.38. The van der Waals surface area contributed by atoms with E-state index in [4.69, 9.17) is 9.47 Å². The largest absolute Gasteiger partial charge is 0.505 e. The van der Waals surface area contributed by atoms with Crippen LogP contribution in [0.5, 0.6) is 17.2 Å². The van der Waals surface area contributed by atoms with Gasteiger partial charge in [-0.05, 0) is 48.7 Å². The predicted octanol–water partition coefficient (Wildman–Crippen LogP) is 3.46. The van der Waals surface area contributed by atoms with Crippen molar-refractivity contribution in [1.82, 2.24) is 10.6 Å². The highest BCUT2D eigenvalue weighted by atomic mass is 127. The number of nitrogens with one attached hydrogen (secondary N) is 2. The van der Waals surface area contributed by atoms with Crippen LogP contribution < -0.4 is 20.1 Å². The van der Waals surface area contributed by atoms with E-state index in [-0.39, 0.29) is 29.7 Å². The number of phenolic OH excluding ortho intramolecular Hbond substituents is 1. The summed E-state index contributed by atoms with van der Waals surface area (Å²) in [4.78, 5) is 4.45. The van der Waals surface area contributed by atoms with Crippen LogP contribution in [0, 0.1) is 5.82 Å². The van der Waals surface area contributed by atoms with Crippen LogP contribution in [0.1, 0.15) is 18.1 Å². The highest BCUT2D eigenvalue weighted by Gasteiger charge is 2.05. The summed E-state index contributed by atoms with van der Waals surface area (Å²) in [6.07, 6.45) is 0.776. The van der Waals surface area contributed by atoms with E-state index < -0.39 is 5.82 Å². The Morgan fingerprint density at radius 2 is 1.75 bits per heavy atom. The monoisotopic (exact) mass is 503 g/mol. The van der Waals surface area contributed by atoms with E-state index in [0.29, 0.717) is 42.7 Å². The average molecular weight is 503 g/mol. The molecule has 3 N–H and O–H groups in total. The molecular formula is C20H27FIN3O3. The maximum atomic E-state index is 13.4. The minimum absolute atomic E-state index is 0. The van der Waals surface area contributed by atoms with Gasteiger partial charge in [0.05, 0.1) is 20.8 Å².